The maximum atomic E-state index is 13.7. The summed E-state index contributed by atoms with van der Waals surface area (Å²) in [6.45, 7) is 2.13. The van der Waals surface area contributed by atoms with E-state index in [1.54, 1.807) is 35.3 Å². The minimum absolute atomic E-state index is 0.172. The third-order valence-electron chi connectivity index (χ3n) is 3.64. The molecule has 1 atom stereocenters. The van der Waals surface area contributed by atoms with Gasteiger partial charge in [-0.25, -0.2) is 14.1 Å². The van der Waals surface area contributed by atoms with Crippen molar-refractivity contribution in [3.05, 3.63) is 58.8 Å². The molecule has 7 nitrogen and oxygen atoms in total. The van der Waals surface area contributed by atoms with Gasteiger partial charge in [0.25, 0.3) is 5.91 Å². The molecular formula is C16H16BrFN6O. The van der Waals surface area contributed by atoms with Gasteiger partial charge in [0, 0.05) is 11.8 Å². The van der Waals surface area contributed by atoms with Gasteiger partial charge in [0.1, 0.15) is 18.2 Å². The molecule has 2 aromatic heterocycles. The summed E-state index contributed by atoms with van der Waals surface area (Å²) < 4.78 is 17.5. The summed E-state index contributed by atoms with van der Waals surface area (Å²) in [6, 6.07) is 5.99. The monoisotopic (exact) mass is 406 g/mol. The Hall–Kier alpha value is -2.55. The van der Waals surface area contributed by atoms with E-state index in [1.165, 1.54) is 17.1 Å². The van der Waals surface area contributed by atoms with Crippen LogP contribution in [0.25, 0.3) is 0 Å². The molecule has 0 saturated carbocycles. The molecule has 0 saturated heterocycles. The van der Waals surface area contributed by atoms with Crippen molar-refractivity contribution in [2.24, 2.45) is 0 Å². The van der Waals surface area contributed by atoms with Crippen molar-refractivity contribution in [2.45, 2.75) is 25.9 Å². The van der Waals surface area contributed by atoms with Gasteiger partial charge in [0.15, 0.2) is 0 Å². The molecule has 0 aliphatic heterocycles. The molecule has 0 aliphatic carbocycles. The lowest BCUT2D eigenvalue weighted by molar-refractivity contribution is -0.119. The lowest BCUT2D eigenvalue weighted by Crippen LogP contribution is -2.26. The van der Waals surface area contributed by atoms with Crippen LogP contribution in [0.3, 0.4) is 0 Å². The number of aromatic nitrogens is 5. The number of nitrogens with zero attached hydrogens (tertiary/aromatic N) is 5. The third kappa shape index (κ3) is 4.11. The second-order valence-electron chi connectivity index (χ2n) is 5.41. The highest BCUT2D eigenvalue weighted by molar-refractivity contribution is 9.10. The maximum absolute atomic E-state index is 13.7. The van der Waals surface area contributed by atoms with E-state index in [1.807, 2.05) is 6.92 Å². The summed E-state index contributed by atoms with van der Waals surface area (Å²) >= 11 is 3.31. The predicted molar refractivity (Wildman–Crippen MR) is 93.4 cm³/mol. The summed E-state index contributed by atoms with van der Waals surface area (Å²) in [4.78, 5) is 16.5. The second-order valence-corrected chi connectivity index (χ2v) is 6.32. The molecule has 3 rings (SSSR count). The van der Waals surface area contributed by atoms with Crippen molar-refractivity contribution >= 4 is 27.8 Å². The first kappa shape index (κ1) is 17.3. The summed E-state index contributed by atoms with van der Waals surface area (Å²) in [5.41, 5.74) is 0.498. The fraction of sp³-hybridized carbons (Fsp3) is 0.250. The number of halogens is 2. The number of carbonyl (C=O) groups excluding carboxylic acids is 1. The number of benzene rings is 1. The Morgan fingerprint density at radius 1 is 1.40 bits per heavy atom. The molecule has 2 heterocycles. The molecule has 0 radical (unpaired) electrons. The van der Waals surface area contributed by atoms with Gasteiger partial charge in [0.2, 0.25) is 5.95 Å². The first-order chi connectivity index (χ1) is 12.1. The van der Waals surface area contributed by atoms with Crippen molar-refractivity contribution < 1.29 is 9.18 Å². The van der Waals surface area contributed by atoms with Crippen LogP contribution in [0.2, 0.25) is 0 Å². The van der Waals surface area contributed by atoms with Crippen molar-refractivity contribution in [1.29, 1.82) is 0 Å². The Morgan fingerprint density at radius 3 is 2.88 bits per heavy atom. The van der Waals surface area contributed by atoms with E-state index in [0.29, 0.717) is 12.0 Å². The third-order valence-corrected chi connectivity index (χ3v) is 4.05. The Morgan fingerprint density at radius 2 is 2.20 bits per heavy atom. The number of rotatable bonds is 6. The Labute approximate surface area is 152 Å². The van der Waals surface area contributed by atoms with Gasteiger partial charge >= 0.3 is 0 Å². The van der Waals surface area contributed by atoms with Gasteiger partial charge in [0.05, 0.1) is 17.2 Å². The van der Waals surface area contributed by atoms with Crippen molar-refractivity contribution in [3.8, 4) is 0 Å². The highest BCUT2D eigenvalue weighted by Gasteiger charge is 2.20. The van der Waals surface area contributed by atoms with Crippen LogP contribution in [-0.4, -0.2) is 30.5 Å². The van der Waals surface area contributed by atoms with E-state index in [0.717, 1.165) is 4.47 Å². The van der Waals surface area contributed by atoms with E-state index in [-0.39, 0.29) is 24.2 Å². The molecule has 3 aromatic rings. The zero-order valence-corrected chi connectivity index (χ0v) is 15.0. The number of carbonyl (C=O) groups is 1. The smallest absolute Gasteiger partial charge is 0.251 e. The predicted octanol–water partition coefficient (Wildman–Crippen LogP) is 3.01. The number of nitrogens with one attached hydrogen (secondary N) is 1. The Balaban J connectivity index is 1.68. The quantitative estimate of drug-likeness (QED) is 0.682. The van der Waals surface area contributed by atoms with Crippen LogP contribution in [0.1, 0.15) is 24.9 Å². The minimum Gasteiger partial charge on any atom is -0.291 e. The fourth-order valence-corrected chi connectivity index (χ4v) is 2.70. The SMILES string of the molecule is CCC(C(=O)Nc1ncn(Cc2ccccc2F)n1)n1cc(Br)cn1. The summed E-state index contributed by atoms with van der Waals surface area (Å²) in [5.74, 6) is -0.397. The zero-order valence-electron chi connectivity index (χ0n) is 13.4. The molecule has 0 bridgehead atoms. The second kappa shape index (κ2) is 7.56. The van der Waals surface area contributed by atoms with E-state index >= 15 is 0 Å². The van der Waals surface area contributed by atoms with Gasteiger partial charge in [-0.3, -0.25) is 14.8 Å². The van der Waals surface area contributed by atoms with Crippen LogP contribution in [0, 0.1) is 5.82 Å². The van der Waals surface area contributed by atoms with Gasteiger partial charge < -0.3 is 0 Å². The summed E-state index contributed by atoms with van der Waals surface area (Å²) in [6.07, 6.45) is 5.37. The van der Waals surface area contributed by atoms with Crippen LogP contribution < -0.4 is 5.32 Å². The number of hydrogen-bond acceptors (Lipinski definition) is 4. The first-order valence-electron chi connectivity index (χ1n) is 7.70. The number of amides is 1. The topological polar surface area (TPSA) is 77.6 Å². The van der Waals surface area contributed by atoms with E-state index in [4.69, 9.17) is 0 Å². The molecule has 0 aliphatic rings. The molecule has 0 fully saturated rings. The molecule has 1 amide bonds. The van der Waals surface area contributed by atoms with Crippen molar-refractivity contribution in [2.75, 3.05) is 5.32 Å². The van der Waals surface area contributed by atoms with E-state index in [2.05, 4.69) is 36.4 Å². The average Bonchev–Trinajstić information content (AvgIpc) is 3.20. The average molecular weight is 407 g/mol. The summed E-state index contributed by atoms with van der Waals surface area (Å²) in [7, 11) is 0. The highest BCUT2D eigenvalue weighted by Crippen LogP contribution is 2.16. The van der Waals surface area contributed by atoms with Crippen LogP contribution in [0.4, 0.5) is 10.3 Å². The molecule has 25 heavy (non-hydrogen) atoms. The largest absolute Gasteiger partial charge is 0.291 e. The molecular weight excluding hydrogens is 391 g/mol. The van der Waals surface area contributed by atoms with Crippen LogP contribution in [0.5, 0.6) is 0 Å². The van der Waals surface area contributed by atoms with Gasteiger partial charge in [-0.2, -0.15) is 5.10 Å². The van der Waals surface area contributed by atoms with Gasteiger partial charge in [-0.05, 0) is 28.4 Å². The molecule has 1 aromatic carbocycles. The number of anilines is 1. The standard InChI is InChI=1S/C16H16BrFN6O/c1-2-14(24-9-12(17)7-20-24)15(25)21-16-19-10-23(22-16)8-11-5-3-4-6-13(11)18/h3-7,9-10,14H,2,8H2,1H3,(H,21,22,25). The van der Waals surface area contributed by atoms with E-state index in [9.17, 15) is 9.18 Å². The normalized spacial score (nSPS) is 12.1. The van der Waals surface area contributed by atoms with Crippen LogP contribution in [-0.2, 0) is 11.3 Å². The highest BCUT2D eigenvalue weighted by atomic mass is 79.9. The van der Waals surface area contributed by atoms with Crippen LogP contribution >= 0.6 is 15.9 Å². The summed E-state index contributed by atoms with van der Waals surface area (Å²) in [5, 5.41) is 11.0. The molecule has 1 N–H and O–H groups in total. The Bertz CT molecular complexity index is 877. The maximum Gasteiger partial charge on any atom is 0.251 e. The van der Waals surface area contributed by atoms with Gasteiger partial charge in [-0.15, -0.1) is 5.10 Å². The van der Waals surface area contributed by atoms with Crippen LogP contribution in [0.15, 0.2) is 47.5 Å². The first-order valence-corrected chi connectivity index (χ1v) is 8.49. The fourth-order valence-electron chi connectivity index (χ4n) is 2.40. The minimum atomic E-state index is -0.468. The molecule has 1 unspecified atom stereocenters. The molecule has 9 heteroatoms. The lowest BCUT2D eigenvalue weighted by atomic mass is 10.2. The number of hydrogen-bond donors (Lipinski definition) is 1. The molecule has 0 spiro atoms. The lowest BCUT2D eigenvalue weighted by Gasteiger charge is -2.13. The molecule has 130 valence electrons. The van der Waals surface area contributed by atoms with Crippen molar-refractivity contribution in [3.63, 3.8) is 0 Å². The van der Waals surface area contributed by atoms with Crippen molar-refractivity contribution in [1.82, 2.24) is 24.5 Å². The van der Waals surface area contributed by atoms with Gasteiger partial charge in [-0.1, -0.05) is 25.1 Å². The Kier molecular flexibility index (Phi) is 5.22. The van der Waals surface area contributed by atoms with E-state index < -0.39 is 6.04 Å². The zero-order chi connectivity index (χ0) is 17.8.